The van der Waals surface area contributed by atoms with Crippen molar-refractivity contribution in [3.63, 3.8) is 0 Å². The van der Waals surface area contributed by atoms with Gasteiger partial charge in [0.15, 0.2) is 6.10 Å². The zero-order valence-corrected chi connectivity index (χ0v) is 37.8. The number of halogens is 2. The standard InChI is InChI=1S/C48H81F2N3O9/c1-39-52-41(51)36-37-53(39)47-48(49,50)46(62-45(59)35-31-27-23-19-15-11-7-3-5-9-13-17-21-25-29-33-43(56)57)40(61-47)38-60-44(58)34-30-26-22-18-14-10-6-2-4-8-12-16-20-24-28-32-42(54)55/h36-37,40,46-47H,1-35,38H2,(H2,51,52)(H,54,55)(H,56,57)/t40-,46?,47-/m1/s1. The third kappa shape index (κ3) is 25.5. The largest absolute Gasteiger partial charge is 0.481 e. The first-order chi connectivity index (χ1) is 29.9. The van der Waals surface area contributed by atoms with E-state index in [9.17, 15) is 19.2 Å². The molecule has 0 aliphatic carbocycles. The second-order valence-corrected chi connectivity index (χ2v) is 17.4. The van der Waals surface area contributed by atoms with Crippen LogP contribution in [0.2, 0.25) is 0 Å². The topological polar surface area (TPSA) is 178 Å². The number of esters is 2. The first-order valence-corrected chi connectivity index (χ1v) is 24.2. The Bertz CT molecular complexity index is 1340. The van der Waals surface area contributed by atoms with Gasteiger partial charge in [-0.05, 0) is 31.8 Å². The van der Waals surface area contributed by atoms with E-state index < -0.39 is 54.8 Å². The monoisotopic (exact) mass is 882 g/mol. The Morgan fingerprint density at radius 1 is 0.613 bits per heavy atom. The van der Waals surface area contributed by atoms with Gasteiger partial charge < -0.3 is 35.1 Å². The average molecular weight is 882 g/mol. The van der Waals surface area contributed by atoms with Crippen LogP contribution in [0.25, 0.3) is 0 Å². The molecule has 0 radical (unpaired) electrons. The third-order valence-corrected chi connectivity index (χ3v) is 11.8. The Morgan fingerprint density at radius 2 is 0.952 bits per heavy atom. The molecule has 2 rings (SSSR count). The number of rotatable bonds is 40. The highest BCUT2D eigenvalue weighted by atomic mass is 19.3. The number of carbonyl (C=O) groups is 4. The van der Waals surface area contributed by atoms with Crippen molar-refractivity contribution >= 4 is 29.7 Å². The molecule has 1 fully saturated rings. The van der Waals surface area contributed by atoms with Gasteiger partial charge in [-0.25, -0.2) is 4.99 Å². The van der Waals surface area contributed by atoms with Crippen LogP contribution in [0.1, 0.15) is 218 Å². The van der Waals surface area contributed by atoms with E-state index in [-0.39, 0.29) is 37.3 Å². The van der Waals surface area contributed by atoms with Gasteiger partial charge in [0, 0.05) is 31.9 Å². The molecule has 0 saturated carbocycles. The number of alkyl halides is 2. The summed E-state index contributed by atoms with van der Waals surface area (Å²) in [5, 5.41) is 17.4. The molecule has 2 heterocycles. The fourth-order valence-electron chi connectivity index (χ4n) is 8.08. The van der Waals surface area contributed by atoms with Gasteiger partial charge in [-0.1, -0.05) is 174 Å². The number of aliphatic carboxylic acids is 2. The molecule has 356 valence electrons. The van der Waals surface area contributed by atoms with Crippen molar-refractivity contribution in [2.45, 2.75) is 243 Å². The van der Waals surface area contributed by atoms with Crippen molar-refractivity contribution in [1.82, 2.24) is 4.90 Å². The van der Waals surface area contributed by atoms with Gasteiger partial charge in [0.25, 0.3) is 0 Å². The molecule has 0 spiro atoms. The van der Waals surface area contributed by atoms with Crippen LogP contribution in [0.15, 0.2) is 29.7 Å². The normalized spacial score (nSPS) is 18.2. The fraction of sp³-hybridized carbons (Fsp3) is 0.812. The Hall–Kier alpha value is -3.55. The van der Waals surface area contributed by atoms with Crippen molar-refractivity contribution < 1.29 is 52.4 Å². The molecule has 0 aromatic carbocycles. The molecule has 0 aromatic heterocycles. The zero-order chi connectivity index (χ0) is 45.3. The molecule has 0 aromatic rings. The van der Waals surface area contributed by atoms with Crippen LogP contribution in [0.3, 0.4) is 0 Å². The maximum absolute atomic E-state index is 16.0. The number of ether oxygens (including phenoxy) is 3. The predicted octanol–water partition coefficient (Wildman–Crippen LogP) is 11.9. The number of carboxylic acid groups (broad SMARTS) is 2. The quantitative estimate of drug-likeness (QED) is 0.0394. The number of carboxylic acids is 2. The van der Waals surface area contributed by atoms with Crippen molar-refractivity contribution in [1.29, 1.82) is 0 Å². The molecule has 2 aliphatic heterocycles. The van der Waals surface area contributed by atoms with Gasteiger partial charge in [-0.3, -0.25) is 19.2 Å². The number of nitrogens with two attached hydrogens (primary N) is 1. The van der Waals surface area contributed by atoms with Gasteiger partial charge in [0.05, 0.1) is 0 Å². The molecule has 2 aliphatic rings. The second-order valence-electron chi connectivity index (χ2n) is 17.4. The number of hydrogen-bond acceptors (Lipinski definition) is 10. The Balaban J connectivity index is 1.61. The highest BCUT2D eigenvalue weighted by Gasteiger charge is 2.63. The number of amidine groups is 1. The number of nitrogens with zero attached hydrogens (tertiary/aromatic N) is 2. The molecule has 12 nitrogen and oxygen atoms in total. The summed E-state index contributed by atoms with van der Waals surface area (Å²) in [6, 6.07) is 0. The average Bonchev–Trinajstić information content (AvgIpc) is 3.46. The van der Waals surface area contributed by atoms with Crippen molar-refractivity contribution in [2.24, 2.45) is 10.7 Å². The van der Waals surface area contributed by atoms with Crippen LogP contribution >= 0.6 is 0 Å². The highest BCUT2D eigenvalue weighted by Crippen LogP contribution is 2.42. The number of carbonyl (C=O) groups excluding carboxylic acids is 2. The minimum absolute atomic E-state index is 0.000387. The number of unbranched alkanes of at least 4 members (excludes halogenated alkanes) is 28. The summed E-state index contributed by atoms with van der Waals surface area (Å²) in [5.74, 6) is -6.30. The maximum Gasteiger partial charge on any atom is 0.331 e. The van der Waals surface area contributed by atoms with Gasteiger partial charge in [-0.15, -0.1) is 0 Å². The van der Waals surface area contributed by atoms with E-state index >= 15 is 8.78 Å². The van der Waals surface area contributed by atoms with Crippen LogP contribution in [-0.4, -0.2) is 75.8 Å². The minimum atomic E-state index is -3.67. The molecule has 0 amide bonds. The second kappa shape index (κ2) is 33.9. The lowest BCUT2D eigenvalue weighted by atomic mass is 10.0. The summed E-state index contributed by atoms with van der Waals surface area (Å²) < 4.78 is 48.5. The van der Waals surface area contributed by atoms with Crippen molar-refractivity contribution in [3.8, 4) is 0 Å². The van der Waals surface area contributed by atoms with Crippen molar-refractivity contribution in [2.75, 3.05) is 6.61 Å². The van der Waals surface area contributed by atoms with Gasteiger partial charge >= 0.3 is 29.8 Å². The molecule has 1 saturated heterocycles. The highest BCUT2D eigenvalue weighted by molar-refractivity contribution is 5.92. The van der Waals surface area contributed by atoms with E-state index in [1.807, 2.05) is 0 Å². The molecule has 14 heteroatoms. The van der Waals surface area contributed by atoms with Crippen LogP contribution in [-0.2, 0) is 33.4 Å². The lowest BCUT2D eigenvalue weighted by molar-refractivity contribution is -0.178. The van der Waals surface area contributed by atoms with Gasteiger partial charge in [0.1, 0.15) is 24.4 Å². The maximum atomic E-state index is 16.0. The first kappa shape index (κ1) is 54.6. The summed E-state index contributed by atoms with van der Waals surface area (Å²) in [5.41, 5.74) is 5.72. The van der Waals surface area contributed by atoms with E-state index in [1.54, 1.807) is 0 Å². The van der Waals surface area contributed by atoms with E-state index in [0.29, 0.717) is 12.8 Å². The summed E-state index contributed by atoms with van der Waals surface area (Å²) >= 11 is 0. The summed E-state index contributed by atoms with van der Waals surface area (Å²) in [6.07, 6.45) is 30.0. The molecule has 62 heavy (non-hydrogen) atoms. The molecular formula is C48H81F2N3O9. The van der Waals surface area contributed by atoms with Gasteiger partial charge in [0.2, 0.25) is 6.23 Å². The SMILES string of the molecule is C=C1N=C(N)C=CN1[C@@H]1O[C@H](COC(=O)CCCCCCCCCCCCCCCCCC(=O)O)C(OC(=O)CCCCCCCCCCCCCCCCCC(=O)O)C1(F)F. The summed E-state index contributed by atoms with van der Waals surface area (Å²) in [4.78, 5) is 51.7. The van der Waals surface area contributed by atoms with Crippen LogP contribution in [0.4, 0.5) is 8.78 Å². The molecular weight excluding hydrogens is 801 g/mol. The van der Waals surface area contributed by atoms with E-state index in [0.717, 1.165) is 94.8 Å². The van der Waals surface area contributed by atoms with E-state index in [1.165, 1.54) is 102 Å². The number of aliphatic imine (C=N–C) groups is 1. The lowest BCUT2D eigenvalue weighted by Gasteiger charge is -2.32. The fourth-order valence-corrected chi connectivity index (χ4v) is 8.08. The van der Waals surface area contributed by atoms with Crippen LogP contribution < -0.4 is 5.73 Å². The minimum Gasteiger partial charge on any atom is -0.481 e. The molecule has 1 unspecified atom stereocenters. The lowest BCUT2D eigenvalue weighted by Crippen LogP contribution is -2.49. The van der Waals surface area contributed by atoms with Crippen LogP contribution in [0.5, 0.6) is 0 Å². The Labute approximate surface area is 370 Å². The summed E-state index contributed by atoms with van der Waals surface area (Å²) in [6.45, 7) is 3.24. The Kier molecular flexibility index (Phi) is 29.9. The van der Waals surface area contributed by atoms with E-state index in [2.05, 4.69) is 11.6 Å². The third-order valence-electron chi connectivity index (χ3n) is 11.8. The Morgan fingerprint density at radius 3 is 1.31 bits per heavy atom. The smallest absolute Gasteiger partial charge is 0.331 e. The van der Waals surface area contributed by atoms with Crippen LogP contribution in [0, 0.1) is 0 Å². The van der Waals surface area contributed by atoms with Crippen molar-refractivity contribution in [3.05, 3.63) is 24.7 Å². The van der Waals surface area contributed by atoms with Gasteiger partial charge in [-0.2, -0.15) is 8.78 Å². The molecule has 3 atom stereocenters. The first-order valence-electron chi connectivity index (χ1n) is 24.2. The molecule has 4 N–H and O–H groups in total. The predicted molar refractivity (Wildman–Crippen MR) is 238 cm³/mol. The zero-order valence-electron chi connectivity index (χ0n) is 37.8. The summed E-state index contributed by atoms with van der Waals surface area (Å²) in [7, 11) is 0. The van der Waals surface area contributed by atoms with E-state index in [4.69, 9.17) is 30.2 Å². The number of hydrogen-bond donors (Lipinski definition) is 3. The molecule has 0 bridgehead atoms.